The number of rotatable bonds is 14. The molecule has 0 saturated carbocycles. The Balaban J connectivity index is 2.46. The topological polar surface area (TPSA) is 124 Å². The van der Waals surface area contributed by atoms with E-state index in [-0.39, 0.29) is 24.8 Å². The highest BCUT2D eigenvalue weighted by Crippen LogP contribution is 2.39. The van der Waals surface area contributed by atoms with Crippen molar-refractivity contribution in [3.05, 3.63) is 17.7 Å². The molecule has 10 nitrogen and oxygen atoms in total. The minimum absolute atomic E-state index is 0.137. The van der Waals surface area contributed by atoms with Crippen LogP contribution in [0.3, 0.4) is 0 Å². The van der Waals surface area contributed by atoms with E-state index < -0.39 is 11.7 Å². The molecule has 1 aromatic carbocycles. The van der Waals surface area contributed by atoms with E-state index in [1.54, 1.807) is 32.9 Å². The van der Waals surface area contributed by atoms with Crippen LogP contribution in [-0.4, -0.2) is 63.0 Å². The number of amides is 3. The number of alkyl carbamates (subject to hydrolysis) is 1. The van der Waals surface area contributed by atoms with Crippen LogP contribution in [-0.2, 0) is 9.53 Å². The van der Waals surface area contributed by atoms with E-state index in [1.807, 2.05) is 20.8 Å². The van der Waals surface area contributed by atoms with Gasteiger partial charge in [0.1, 0.15) is 5.60 Å². The molecule has 0 aliphatic carbocycles. The number of carbonyl (C=O) groups excluding carboxylic acids is 3. The SMILES string of the molecule is CCOc1cc(C(=O)NCCCNC(=O)CCNC(=O)OC(C)(C)C)cc(OCC)c1OCC. The van der Waals surface area contributed by atoms with Crippen LogP contribution in [0.15, 0.2) is 12.1 Å². The summed E-state index contributed by atoms with van der Waals surface area (Å²) in [4.78, 5) is 36.1. The van der Waals surface area contributed by atoms with Gasteiger partial charge in [-0.2, -0.15) is 0 Å². The summed E-state index contributed by atoms with van der Waals surface area (Å²) in [7, 11) is 0. The van der Waals surface area contributed by atoms with Crippen molar-refractivity contribution in [1.82, 2.24) is 16.0 Å². The predicted molar refractivity (Wildman–Crippen MR) is 129 cm³/mol. The van der Waals surface area contributed by atoms with Crippen LogP contribution in [0.5, 0.6) is 17.2 Å². The fraction of sp³-hybridized carbons (Fsp3) is 0.625. The molecule has 3 N–H and O–H groups in total. The second kappa shape index (κ2) is 14.9. The van der Waals surface area contributed by atoms with E-state index in [0.29, 0.717) is 62.1 Å². The molecule has 0 aliphatic heterocycles. The van der Waals surface area contributed by atoms with Gasteiger partial charge in [-0.1, -0.05) is 0 Å². The standard InChI is InChI=1S/C24H39N3O7/c1-7-31-18-15-17(16-19(32-8-2)21(18)33-9-3)22(29)26-13-10-12-25-20(28)11-14-27-23(30)34-24(4,5)6/h15-16H,7-14H2,1-6H3,(H,25,28)(H,26,29)(H,27,30). The molecular formula is C24H39N3O7. The molecule has 10 heteroatoms. The van der Waals surface area contributed by atoms with Crippen LogP contribution >= 0.6 is 0 Å². The van der Waals surface area contributed by atoms with E-state index in [9.17, 15) is 14.4 Å². The third-order valence-corrected chi connectivity index (χ3v) is 4.15. The van der Waals surface area contributed by atoms with Crippen LogP contribution in [0.25, 0.3) is 0 Å². The Morgan fingerprint density at radius 3 is 1.88 bits per heavy atom. The monoisotopic (exact) mass is 481 g/mol. The molecule has 0 saturated heterocycles. The first-order chi connectivity index (χ1) is 16.1. The Bertz CT molecular complexity index is 779. The zero-order valence-corrected chi connectivity index (χ0v) is 21.2. The summed E-state index contributed by atoms with van der Waals surface area (Å²) in [6.07, 6.45) is 0.125. The Kier molecular flexibility index (Phi) is 12.6. The first kappa shape index (κ1) is 28.9. The molecule has 0 atom stereocenters. The number of hydrogen-bond donors (Lipinski definition) is 3. The number of nitrogens with one attached hydrogen (secondary N) is 3. The largest absolute Gasteiger partial charge is 0.490 e. The zero-order chi connectivity index (χ0) is 25.6. The lowest BCUT2D eigenvalue weighted by molar-refractivity contribution is -0.120. The lowest BCUT2D eigenvalue weighted by Crippen LogP contribution is -2.35. The van der Waals surface area contributed by atoms with Crippen molar-refractivity contribution < 1.29 is 33.3 Å². The fourth-order valence-electron chi connectivity index (χ4n) is 2.82. The van der Waals surface area contributed by atoms with Crippen LogP contribution in [0, 0.1) is 0 Å². The molecule has 0 unspecified atom stereocenters. The molecule has 0 radical (unpaired) electrons. The third-order valence-electron chi connectivity index (χ3n) is 4.15. The lowest BCUT2D eigenvalue weighted by atomic mass is 10.1. The second-order valence-corrected chi connectivity index (χ2v) is 8.24. The number of benzene rings is 1. The van der Waals surface area contributed by atoms with E-state index >= 15 is 0 Å². The Labute approximate surface area is 202 Å². The van der Waals surface area contributed by atoms with Crippen LogP contribution in [0.4, 0.5) is 4.79 Å². The summed E-state index contributed by atoms with van der Waals surface area (Å²) in [5.41, 5.74) is -0.190. The summed E-state index contributed by atoms with van der Waals surface area (Å²) in [6, 6.07) is 3.26. The molecule has 0 aromatic heterocycles. The zero-order valence-electron chi connectivity index (χ0n) is 21.2. The normalized spacial score (nSPS) is 10.8. The quantitative estimate of drug-likeness (QED) is 0.349. The fourth-order valence-corrected chi connectivity index (χ4v) is 2.82. The Morgan fingerprint density at radius 2 is 1.35 bits per heavy atom. The van der Waals surface area contributed by atoms with Gasteiger partial charge in [0.2, 0.25) is 11.7 Å². The number of ether oxygens (including phenoxy) is 4. The van der Waals surface area contributed by atoms with Gasteiger partial charge in [0.15, 0.2) is 11.5 Å². The maximum Gasteiger partial charge on any atom is 0.407 e. The summed E-state index contributed by atoms with van der Waals surface area (Å²) < 4.78 is 22.0. The van der Waals surface area contributed by atoms with Gasteiger partial charge in [-0.3, -0.25) is 9.59 Å². The van der Waals surface area contributed by atoms with Crippen LogP contribution in [0.2, 0.25) is 0 Å². The highest BCUT2D eigenvalue weighted by Gasteiger charge is 2.18. The van der Waals surface area contributed by atoms with Gasteiger partial charge in [0.25, 0.3) is 5.91 Å². The summed E-state index contributed by atoms with van der Waals surface area (Å²) in [5, 5.41) is 8.11. The number of carbonyl (C=O) groups is 3. The summed E-state index contributed by atoms with van der Waals surface area (Å²) in [5.74, 6) is 0.904. The highest BCUT2D eigenvalue weighted by atomic mass is 16.6. The molecule has 0 aliphatic rings. The van der Waals surface area contributed by atoms with Crippen molar-refractivity contribution in [2.24, 2.45) is 0 Å². The van der Waals surface area contributed by atoms with Crippen molar-refractivity contribution in [2.75, 3.05) is 39.5 Å². The minimum atomic E-state index is -0.586. The molecule has 192 valence electrons. The molecular weight excluding hydrogens is 442 g/mol. The van der Waals surface area contributed by atoms with Gasteiger partial charge in [-0.25, -0.2) is 4.79 Å². The van der Waals surface area contributed by atoms with Gasteiger partial charge < -0.3 is 34.9 Å². The first-order valence-corrected chi connectivity index (χ1v) is 11.7. The lowest BCUT2D eigenvalue weighted by Gasteiger charge is -2.19. The average Bonchev–Trinajstić information content (AvgIpc) is 2.74. The summed E-state index contributed by atoms with van der Waals surface area (Å²) >= 11 is 0. The highest BCUT2D eigenvalue weighted by molar-refractivity contribution is 5.95. The van der Waals surface area contributed by atoms with E-state index in [2.05, 4.69) is 16.0 Å². The maximum atomic E-state index is 12.6. The Hall–Kier alpha value is -3.17. The van der Waals surface area contributed by atoms with E-state index in [0.717, 1.165) is 0 Å². The van der Waals surface area contributed by atoms with Gasteiger partial charge in [0.05, 0.1) is 19.8 Å². The molecule has 0 fully saturated rings. The van der Waals surface area contributed by atoms with Crippen molar-refractivity contribution in [3.63, 3.8) is 0 Å². The van der Waals surface area contributed by atoms with E-state index in [4.69, 9.17) is 18.9 Å². The van der Waals surface area contributed by atoms with E-state index in [1.165, 1.54) is 0 Å². The molecule has 0 bridgehead atoms. The molecule has 0 heterocycles. The van der Waals surface area contributed by atoms with Crippen molar-refractivity contribution in [1.29, 1.82) is 0 Å². The average molecular weight is 482 g/mol. The van der Waals surface area contributed by atoms with Gasteiger partial charge in [-0.15, -0.1) is 0 Å². The molecule has 34 heavy (non-hydrogen) atoms. The van der Waals surface area contributed by atoms with Crippen molar-refractivity contribution in [2.45, 2.75) is 60.0 Å². The summed E-state index contributed by atoms with van der Waals surface area (Å²) in [6.45, 7) is 13.1. The van der Waals surface area contributed by atoms with Gasteiger partial charge in [-0.05, 0) is 60.1 Å². The van der Waals surface area contributed by atoms with Gasteiger partial charge >= 0.3 is 6.09 Å². The molecule has 1 aromatic rings. The predicted octanol–water partition coefficient (Wildman–Crippen LogP) is 3.03. The second-order valence-electron chi connectivity index (χ2n) is 8.24. The maximum absolute atomic E-state index is 12.6. The molecule has 0 spiro atoms. The third kappa shape index (κ3) is 11.1. The number of hydrogen-bond acceptors (Lipinski definition) is 7. The van der Waals surface area contributed by atoms with Crippen LogP contribution in [0.1, 0.15) is 64.7 Å². The molecule has 1 rings (SSSR count). The van der Waals surface area contributed by atoms with Crippen LogP contribution < -0.4 is 30.2 Å². The first-order valence-electron chi connectivity index (χ1n) is 11.7. The van der Waals surface area contributed by atoms with Gasteiger partial charge in [0, 0.05) is 31.6 Å². The Morgan fingerprint density at radius 1 is 0.794 bits per heavy atom. The molecule has 3 amide bonds. The van der Waals surface area contributed by atoms with Crippen molar-refractivity contribution in [3.8, 4) is 17.2 Å². The minimum Gasteiger partial charge on any atom is -0.490 e. The smallest absolute Gasteiger partial charge is 0.407 e. The van der Waals surface area contributed by atoms with Crippen molar-refractivity contribution >= 4 is 17.9 Å².